The molecule has 104 valence electrons. The summed E-state index contributed by atoms with van der Waals surface area (Å²) in [7, 11) is 2.10. The van der Waals surface area contributed by atoms with E-state index in [1.807, 2.05) is 13.8 Å². The van der Waals surface area contributed by atoms with Crippen LogP contribution >= 0.6 is 0 Å². The van der Waals surface area contributed by atoms with Crippen LogP contribution in [0, 0.1) is 0 Å². The van der Waals surface area contributed by atoms with Gasteiger partial charge in [-0.25, -0.2) is 0 Å². The molecule has 0 saturated heterocycles. The van der Waals surface area contributed by atoms with Gasteiger partial charge < -0.3 is 10.0 Å². The smallest absolute Gasteiger partial charge is 0.0718 e. The second-order valence-corrected chi connectivity index (χ2v) is 6.03. The molecule has 17 heavy (non-hydrogen) atoms. The van der Waals surface area contributed by atoms with Crippen LogP contribution < -0.4 is 0 Å². The molecule has 0 unspecified atom stereocenters. The molecule has 0 rings (SSSR count). The Morgan fingerprint density at radius 1 is 0.882 bits per heavy atom. The van der Waals surface area contributed by atoms with E-state index in [2.05, 4.69) is 18.9 Å². The Bertz CT molecular complexity index is 163. The molecule has 0 aromatic carbocycles. The van der Waals surface area contributed by atoms with E-state index in [4.69, 9.17) is 0 Å². The zero-order valence-electron chi connectivity index (χ0n) is 12.5. The lowest BCUT2D eigenvalue weighted by atomic mass is 10.1. The van der Waals surface area contributed by atoms with Gasteiger partial charge in [0.1, 0.15) is 0 Å². The summed E-state index contributed by atoms with van der Waals surface area (Å²) in [5.41, 5.74) is -0.561. The van der Waals surface area contributed by atoms with Gasteiger partial charge in [-0.1, -0.05) is 51.9 Å². The van der Waals surface area contributed by atoms with Crippen molar-refractivity contribution in [1.82, 2.24) is 4.90 Å². The molecule has 1 N–H and O–H groups in total. The average Bonchev–Trinajstić information content (AvgIpc) is 2.19. The first kappa shape index (κ1) is 16.9. The van der Waals surface area contributed by atoms with Crippen LogP contribution in [0.2, 0.25) is 0 Å². The van der Waals surface area contributed by atoms with Gasteiger partial charge in [-0.15, -0.1) is 0 Å². The molecular weight excluding hydrogens is 210 g/mol. The van der Waals surface area contributed by atoms with E-state index in [0.717, 1.165) is 13.1 Å². The van der Waals surface area contributed by atoms with E-state index in [9.17, 15) is 5.11 Å². The maximum atomic E-state index is 9.67. The third-order valence-electron chi connectivity index (χ3n) is 3.05. The van der Waals surface area contributed by atoms with Crippen molar-refractivity contribution >= 4 is 0 Å². The van der Waals surface area contributed by atoms with E-state index in [-0.39, 0.29) is 0 Å². The van der Waals surface area contributed by atoms with Gasteiger partial charge >= 0.3 is 0 Å². The van der Waals surface area contributed by atoms with E-state index >= 15 is 0 Å². The monoisotopic (exact) mass is 243 g/mol. The molecule has 0 spiro atoms. The predicted molar refractivity (Wildman–Crippen MR) is 76.4 cm³/mol. The highest BCUT2D eigenvalue weighted by Gasteiger charge is 2.14. The second-order valence-electron chi connectivity index (χ2n) is 6.03. The Kier molecular flexibility index (Phi) is 9.85. The molecule has 0 atom stereocenters. The van der Waals surface area contributed by atoms with Gasteiger partial charge in [-0.2, -0.15) is 0 Å². The van der Waals surface area contributed by atoms with Crippen molar-refractivity contribution in [2.24, 2.45) is 0 Å². The van der Waals surface area contributed by atoms with Gasteiger partial charge in [0.15, 0.2) is 0 Å². The molecule has 0 aromatic rings. The number of nitrogens with zero attached hydrogens (tertiary/aromatic N) is 1. The second kappa shape index (κ2) is 9.90. The van der Waals surface area contributed by atoms with Gasteiger partial charge in [-0.3, -0.25) is 0 Å². The Morgan fingerprint density at radius 2 is 1.35 bits per heavy atom. The van der Waals surface area contributed by atoms with Crippen LogP contribution in [0.1, 0.15) is 72.1 Å². The minimum absolute atomic E-state index is 0.561. The summed E-state index contributed by atoms with van der Waals surface area (Å²) in [5, 5.41) is 9.67. The molecule has 0 aliphatic rings. The molecule has 0 aromatic heterocycles. The zero-order valence-corrected chi connectivity index (χ0v) is 12.5. The van der Waals surface area contributed by atoms with Crippen LogP contribution in [-0.4, -0.2) is 35.7 Å². The van der Waals surface area contributed by atoms with E-state index in [0.29, 0.717) is 0 Å². The Morgan fingerprint density at radius 3 is 1.82 bits per heavy atom. The largest absolute Gasteiger partial charge is 0.389 e. The fraction of sp³-hybridized carbons (Fsp3) is 1.00. The summed E-state index contributed by atoms with van der Waals surface area (Å²) in [4.78, 5) is 2.23. The minimum atomic E-state index is -0.561. The molecule has 0 aliphatic carbocycles. The standard InChI is InChI=1S/C15H33NO/c1-5-6-7-8-9-10-11-12-13-16(4)14-15(2,3)17/h17H,5-14H2,1-4H3. The van der Waals surface area contributed by atoms with Crippen molar-refractivity contribution in [1.29, 1.82) is 0 Å². The Balaban J connectivity index is 3.22. The lowest BCUT2D eigenvalue weighted by molar-refractivity contribution is 0.0442. The Hall–Kier alpha value is -0.0800. The summed E-state index contributed by atoms with van der Waals surface area (Å²) in [6, 6.07) is 0. The van der Waals surface area contributed by atoms with Crippen LogP contribution in [0.4, 0.5) is 0 Å². The van der Waals surface area contributed by atoms with Crippen molar-refractivity contribution in [3.05, 3.63) is 0 Å². The number of likely N-dealkylation sites (N-methyl/N-ethyl adjacent to an activating group) is 1. The summed E-state index contributed by atoms with van der Waals surface area (Å²) >= 11 is 0. The first-order valence-electron chi connectivity index (χ1n) is 7.36. The predicted octanol–water partition coefficient (Wildman–Crippen LogP) is 3.83. The van der Waals surface area contributed by atoms with Gasteiger partial charge in [0.05, 0.1) is 5.60 Å². The van der Waals surface area contributed by atoms with Crippen LogP contribution in [0.3, 0.4) is 0 Å². The quantitative estimate of drug-likeness (QED) is 0.558. The lowest BCUT2D eigenvalue weighted by Crippen LogP contribution is -2.36. The number of hydrogen-bond acceptors (Lipinski definition) is 2. The number of hydrogen-bond donors (Lipinski definition) is 1. The molecule has 2 heteroatoms. The van der Waals surface area contributed by atoms with Gasteiger partial charge in [0, 0.05) is 6.54 Å². The average molecular weight is 243 g/mol. The fourth-order valence-corrected chi connectivity index (χ4v) is 2.26. The van der Waals surface area contributed by atoms with E-state index < -0.39 is 5.60 Å². The van der Waals surface area contributed by atoms with Crippen LogP contribution in [0.15, 0.2) is 0 Å². The van der Waals surface area contributed by atoms with Crippen molar-refractivity contribution in [3.8, 4) is 0 Å². The number of unbranched alkanes of at least 4 members (excludes halogenated alkanes) is 7. The molecule has 0 aliphatic heterocycles. The minimum Gasteiger partial charge on any atom is -0.389 e. The fourth-order valence-electron chi connectivity index (χ4n) is 2.26. The lowest BCUT2D eigenvalue weighted by Gasteiger charge is -2.25. The maximum Gasteiger partial charge on any atom is 0.0718 e. The van der Waals surface area contributed by atoms with Crippen LogP contribution in [0.5, 0.6) is 0 Å². The first-order valence-corrected chi connectivity index (χ1v) is 7.36. The highest BCUT2D eigenvalue weighted by atomic mass is 16.3. The number of aliphatic hydroxyl groups is 1. The molecule has 0 heterocycles. The molecule has 0 saturated carbocycles. The Labute approximate surface area is 108 Å². The SMILES string of the molecule is CCCCCCCCCCN(C)CC(C)(C)O. The third kappa shape index (κ3) is 13.9. The molecule has 0 fully saturated rings. The van der Waals surface area contributed by atoms with Crippen molar-refractivity contribution < 1.29 is 5.11 Å². The molecular formula is C15H33NO. The summed E-state index contributed by atoms with van der Waals surface area (Å²) in [6.07, 6.45) is 10.9. The topological polar surface area (TPSA) is 23.5 Å². The maximum absolute atomic E-state index is 9.67. The van der Waals surface area contributed by atoms with Gasteiger partial charge in [-0.05, 0) is 33.9 Å². The third-order valence-corrected chi connectivity index (χ3v) is 3.05. The number of rotatable bonds is 11. The first-order chi connectivity index (χ1) is 7.95. The van der Waals surface area contributed by atoms with Gasteiger partial charge in [0.2, 0.25) is 0 Å². The summed E-state index contributed by atoms with van der Waals surface area (Å²) < 4.78 is 0. The van der Waals surface area contributed by atoms with E-state index in [1.165, 1.54) is 51.4 Å². The molecule has 0 bridgehead atoms. The van der Waals surface area contributed by atoms with Crippen molar-refractivity contribution in [2.75, 3.05) is 20.1 Å². The van der Waals surface area contributed by atoms with Crippen LogP contribution in [-0.2, 0) is 0 Å². The normalized spacial score (nSPS) is 12.4. The van der Waals surface area contributed by atoms with Crippen molar-refractivity contribution in [2.45, 2.75) is 77.7 Å². The van der Waals surface area contributed by atoms with Crippen molar-refractivity contribution in [3.63, 3.8) is 0 Å². The molecule has 2 nitrogen and oxygen atoms in total. The highest BCUT2D eigenvalue weighted by molar-refractivity contribution is 4.69. The highest BCUT2D eigenvalue weighted by Crippen LogP contribution is 2.09. The van der Waals surface area contributed by atoms with Gasteiger partial charge in [0.25, 0.3) is 0 Å². The summed E-state index contributed by atoms with van der Waals surface area (Å²) in [5.74, 6) is 0. The summed E-state index contributed by atoms with van der Waals surface area (Å²) in [6.45, 7) is 7.88. The molecule has 0 radical (unpaired) electrons. The zero-order chi connectivity index (χ0) is 13.1. The molecule has 0 amide bonds. The van der Waals surface area contributed by atoms with E-state index in [1.54, 1.807) is 0 Å². The van der Waals surface area contributed by atoms with Crippen LogP contribution in [0.25, 0.3) is 0 Å².